The molecule has 0 bridgehead atoms. The molecular formula is C23H20N2O3. The molecule has 2 aliphatic heterocycles. The number of carbonyl (C=O) groups is 2. The van der Waals surface area contributed by atoms with Crippen molar-refractivity contribution in [1.29, 1.82) is 0 Å². The molecule has 0 N–H and O–H groups in total. The molecule has 2 aromatic carbocycles. The van der Waals surface area contributed by atoms with E-state index in [-0.39, 0.29) is 11.9 Å². The van der Waals surface area contributed by atoms with E-state index in [4.69, 9.17) is 4.74 Å². The van der Waals surface area contributed by atoms with E-state index in [9.17, 15) is 9.59 Å². The number of nitrogens with zero attached hydrogens (tertiary/aromatic N) is 2. The summed E-state index contributed by atoms with van der Waals surface area (Å²) in [4.78, 5) is 27.0. The highest BCUT2D eigenvalue weighted by atomic mass is 16.6. The Balaban J connectivity index is 1.31. The highest BCUT2D eigenvalue weighted by molar-refractivity contribution is 5.96. The summed E-state index contributed by atoms with van der Waals surface area (Å²) in [6.07, 6.45) is 5.20. The third kappa shape index (κ3) is 2.62. The molecule has 0 saturated carbocycles. The lowest BCUT2D eigenvalue weighted by Gasteiger charge is -2.38. The van der Waals surface area contributed by atoms with Crippen LogP contribution in [0.5, 0.6) is 0 Å². The number of benzene rings is 2. The number of likely N-dealkylation sites (tertiary alicyclic amines) is 1. The number of hydrogen-bond donors (Lipinski definition) is 0. The number of amides is 1. The summed E-state index contributed by atoms with van der Waals surface area (Å²) in [5.74, 6) is -0.234. The van der Waals surface area contributed by atoms with Crippen molar-refractivity contribution in [1.82, 2.24) is 9.47 Å². The van der Waals surface area contributed by atoms with Gasteiger partial charge in [0, 0.05) is 55.1 Å². The van der Waals surface area contributed by atoms with E-state index in [0.717, 1.165) is 11.3 Å². The maximum absolute atomic E-state index is 12.9. The fourth-order valence-electron chi connectivity index (χ4n) is 4.25. The average Bonchev–Trinajstić information content (AvgIpc) is 3.37. The van der Waals surface area contributed by atoms with Gasteiger partial charge in [0.05, 0.1) is 5.56 Å². The molecule has 1 fully saturated rings. The lowest BCUT2D eigenvalue weighted by Crippen LogP contribution is -2.45. The zero-order valence-electron chi connectivity index (χ0n) is 15.4. The van der Waals surface area contributed by atoms with Crippen LogP contribution in [0, 0.1) is 0 Å². The Labute approximate surface area is 163 Å². The van der Waals surface area contributed by atoms with E-state index in [0.29, 0.717) is 37.1 Å². The summed E-state index contributed by atoms with van der Waals surface area (Å²) in [7, 11) is 0. The fraction of sp³-hybridized carbons (Fsp3) is 0.217. The summed E-state index contributed by atoms with van der Waals surface area (Å²) in [5, 5.41) is 0. The smallest absolute Gasteiger partial charge is 0.339 e. The minimum absolute atomic E-state index is 0.0199. The number of aromatic nitrogens is 1. The van der Waals surface area contributed by atoms with Crippen LogP contribution >= 0.6 is 0 Å². The highest BCUT2D eigenvalue weighted by Crippen LogP contribution is 2.44. The van der Waals surface area contributed by atoms with Gasteiger partial charge in [0.1, 0.15) is 5.60 Å². The van der Waals surface area contributed by atoms with Gasteiger partial charge in [-0.1, -0.05) is 18.2 Å². The highest BCUT2D eigenvalue weighted by Gasteiger charge is 2.47. The van der Waals surface area contributed by atoms with Crippen molar-refractivity contribution < 1.29 is 14.3 Å². The van der Waals surface area contributed by atoms with Gasteiger partial charge in [0.25, 0.3) is 5.91 Å². The van der Waals surface area contributed by atoms with Crippen LogP contribution < -0.4 is 0 Å². The topological polar surface area (TPSA) is 51.5 Å². The van der Waals surface area contributed by atoms with Gasteiger partial charge in [0.15, 0.2) is 0 Å². The SMILES string of the molecule is O=C1OC2(CCN(C(=O)c3ccc(-n4cccc4)cc3)CC2)c2ccccc21. The van der Waals surface area contributed by atoms with Crippen LogP contribution in [0.4, 0.5) is 0 Å². The predicted molar refractivity (Wildman–Crippen MR) is 104 cm³/mol. The molecule has 0 aliphatic carbocycles. The molecule has 140 valence electrons. The van der Waals surface area contributed by atoms with Gasteiger partial charge >= 0.3 is 5.97 Å². The number of ether oxygens (including phenoxy) is 1. The monoisotopic (exact) mass is 372 g/mol. The number of fused-ring (bicyclic) bond motifs is 2. The van der Waals surface area contributed by atoms with Crippen LogP contribution in [-0.4, -0.2) is 34.4 Å². The van der Waals surface area contributed by atoms with Gasteiger partial charge in [-0.3, -0.25) is 4.79 Å². The van der Waals surface area contributed by atoms with E-state index in [2.05, 4.69) is 0 Å². The van der Waals surface area contributed by atoms with Crippen molar-refractivity contribution in [2.45, 2.75) is 18.4 Å². The first kappa shape index (κ1) is 16.8. The molecule has 28 heavy (non-hydrogen) atoms. The fourth-order valence-corrected chi connectivity index (χ4v) is 4.25. The number of hydrogen-bond acceptors (Lipinski definition) is 3. The van der Waals surface area contributed by atoms with E-state index in [1.807, 2.05) is 82.5 Å². The second-order valence-corrected chi connectivity index (χ2v) is 7.36. The molecule has 0 unspecified atom stereocenters. The zero-order chi connectivity index (χ0) is 19.1. The Bertz CT molecular complexity index is 1030. The van der Waals surface area contributed by atoms with Crippen molar-refractivity contribution in [3.63, 3.8) is 0 Å². The normalized spacial score (nSPS) is 17.4. The molecule has 2 aliphatic rings. The molecule has 1 aromatic heterocycles. The molecule has 1 amide bonds. The van der Waals surface area contributed by atoms with Gasteiger partial charge in [0.2, 0.25) is 0 Å². The first-order valence-electron chi connectivity index (χ1n) is 9.52. The lowest BCUT2D eigenvalue weighted by molar-refractivity contribution is -0.0389. The van der Waals surface area contributed by atoms with Crippen LogP contribution in [0.25, 0.3) is 5.69 Å². The third-order valence-electron chi connectivity index (χ3n) is 5.80. The van der Waals surface area contributed by atoms with E-state index in [1.54, 1.807) is 0 Å². The average molecular weight is 372 g/mol. The van der Waals surface area contributed by atoms with Crippen molar-refractivity contribution in [2.24, 2.45) is 0 Å². The van der Waals surface area contributed by atoms with E-state index >= 15 is 0 Å². The molecule has 1 spiro atoms. The van der Waals surface area contributed by atoms with E-state index in [1.165, 1.54) is 0 Å². The van der Waals surface area contributed by atoms with Crippen LogP contribution in [-0.2, 0) is 10.3 Å². The summed E-state index contributed by atoms with van der Waals surface area (Å²) < 4.78 is 7.78. The largest absolute Gasteiger partial charge is 0.450 e. The standard InChI is InChI=1S/C23H20N2O3/c26-21(17-7-9-18(10-8-17)24-13-3-4-14-24)25-15-11-23(12-16-25)20-6-2-1-5-19(20)22(27)28-23/h1-10,13-14H,11-12,15-16H2. The number of piperidine rings is 1. The van der Waals surface area contributed by atoms with Crippen molar-refractivity contribution in [3.05, 3.63) is 89.7 Å². The molecule has 5 heteroatoms. The molecule has 0 radical (unpaired) electrons. The maximum Gasteiger partial charge on any atom is 0.339 e. The number of rotatable bonds is 2. The number of esters is 1. The van der Waals surface area contributed by atoms with Gasteiger partial charge in [-0.05, 0) is 42.5 Å². The van der Waals surface area contributed by atoms with Crippen molar-refractivity contribution in [3.8, 4) is 5.69 Å². The van der Waals surface area contributed by atoms with Crippen LogP contribution in [0.1, 0.15) is 39.1 Å². The Hall–Kier alpha value is -3.34. The third-order valence-corrected chi connectivity index (χ3v) is 5.80. The second kappa shape index (κ2) is 6.37. The zero-order valence-corrected chi connectivity index (χ0v) is 15.4. The predicted octanol–water partition coefficient (Wildman–Crippen LogP) is 3.78. The molecule has 3 heterocycles. The molecule has 1 saturated heterocycles. The van der Waals surface area contributed by atoms with E-state index < -0.39 is 5.60 Å². The Kier molecular flexibility index (Phi) is 3.83. The Morgan fingerprint density at radius 1 is 0.893 bits per heavy atom. The van der Waals surface area contributed by atoms with Gasteiger partial charge < -0.3 is 14.2 Å². The van der Waals surface area contributed by atoms with Gasteiger partial charge in [-0.15, -0.1) is 0 Å². The molecule has 0 atom stereocenters. The minimum atomic E-state index is -0.581. The van der Waals surface area contributed by atoms with Crippen molar-refractivity contribution >= 4 is 11.9 Å². The van der Waals surface area contributed by atoms with Crippen LogP contribution in [0.2, 0.25) is 0 Å². The first-order valence-corrected chi connectivity index (χ1v) is 9.52. The summed E-state index contributed by atoms with van der Waals surface area (Å²) in [6.45, 7) is 1.14. The minimum Gasteiger partial charge on any atom is -0.450 e. The quantitative estimate of drug-likeness (QED) is 0.644. The molecule has 5 rings (SSSR count). The lowest BCUT2D eigenvalue weighted by atomic mass is 9.83. The van der Waals surface area contributed by atoms with Gasteiger partial charge in [-0.25, -0.2) is 4.79 Å². The molecule has 3 aromatic rings. The van der Waals surface area contributed by atoms with Crippen molar-refractivity contribution in [2.75, 3.05) is 13.1 Å². The number of carbonyl (C=O) groups excluding carboxylic acids is 2. The maximum atomic E-state index is 12.9. The van der Waals surface area contributed by atoms with Gasteiger partial charge in [-0.2, -0.15) is 0 Å². The Morgan fingerprint density at radius 2 is 1.57 bits per heavy atom. The van der Waals surface area contributed by atoms with Crippen LogP contribution in [0.15, 0.2) is 73.1 Å². The molecule has 5 nitrogen and oxygen atoms in total. The summed E-state index contributed by atoms with van der Waals surface area (Å²) in [6, 6.07) is 19.2. The molecular weight excluding hydrogens is 352 g/mol. The Morgan fingerprint density at radius 3 is 2.29 bits per heavy atom. The summed E-state index contributed by atoms with van der Waals surface area (Å²) >= 11 is 0. The summed E-state index contributed by atoms with van der Waals surface area (Å²) in [5.41, 5.74) is 2.73. The second-order valence-electron chi connectivity index (χ2n) is 7.36. The first-order chi connectivity index (χ1) is 13.7. The van der Waals surface area contributed by atoms with Crippen LogP contribution in [0.3, 0.4) is 0 Å².